The van der Waals surface area contributed by atoms with Gasteiger partial charge in [0.25, 0.3) is 0 Å². The van der Waals surface area contributed by atoms with Gasteiger partial charge in [0.2, 0.25) is 0 Å². The summed E-state index contributed by atoms with van der Waals surface area (Å²) in [6, 6.07) is 4.22. The average molecular weight is 187 g/mol. The van der Waals surface area contributed by atoms with Gasteiger partial charge in [-0.25, -0.2) is 0 Å². The van der Waals surface area contributed by atoms with Crippen LogP contribution in [0.1, 0.15) is 18.4 Å². The van der Waals surface area contributed by atoms with Gasteiger partial charge in [0.15, 0.2) is 0 Å². The first-order valence-corrected chi connectivity index (χ1v) is 5.29. The van der Waals surface area contributed by atoms with E-state index in [1.807, 2.05) is 12.4 Å². The van der Waals surface area contributed by atoms with Crippen molar-refractivity contribution in [2.75, 3.05) is 13.1 Å². The van der Waals surface area contributed by atoms with Crippen molar-refractivity contribution in [2.24, 2.45) is 5.41 Å². The van der Waals surface area contributed by atoms with Crippen LogP contribution in [0.4, 0.5) is 0 Å². The molecule has 14 heavy (non-hydrogen) atoms. The lowest BCUT2D eigenvalue weighted by Crippen LogP contribution is -2.59. The molecular weight excluding hydrogens is 172 g/mol. The molecule has 2 aliphatic rings. The molecule has 2 heteroatoms. The van der Waals surface area contributed by atoms with Gasteiger partial charge in [-0.3, -0.25) is 9.88 Å². The Morgan fingerprint density at radius 2 is 1.93 bits per heavy atom. The van der Waals surface area contributed by atoms with E-state index in [2.05, 4.69) is 28.4 Å². The van der Waals surface area contributed by atoms with Crippen LogP contribution in [-0.4, -0.2) is 23.0 Å². The number of rotatable bonds is 2. The fraction of sp³-hybridized carbons (Fsp3) is 0.500. The summed E-state index contributed by atoms with van der Waals surface area (Å²) in [5, 5.41) is 0. The van der Waals surface area contributed by atoms with Crippen molar-refractivity contribution >= 4 is 0 Å². The van der Waals surface area contributed by atoms with Crippen LogP contribution >= 0.6 is 0 Å². The highest BCUT2D eigenvalue weighted by Crippen LogP contribution is 2.47. The summed E-state index contributed by atoms with van der Waals surface area (Å²) in [6.07, 6.45) is 8.85. The molecule has 1 spiro atoms. The highest BCUT2D eigenvalue weighted by Gasteiger charge is 2.46. The SMILES string of the molecule is [CH]1CC2(C1)CN(Cc1ccncc1)C2. The number of hydrogen-bond donors (Lipinski definition) is 0. The van der Waals surface area contributed by atoms with Crippen LogP contribution < -0.4 is 0 Å². The van der Waals surface area contributed by atoms with Crippen LogP contribution in [0.3, 0.4) is 0 Å². The minimum absolute atomic E-state index is 0.701. The van der Waals surface area contributed by atoms with Crippen molar-refractivity contribution < 1.29 is 0 Å². The Labute approximate surface area is 85.0 Å². The Bertz CT molecular complexity index is 308. The molecule has 0 N–H and O–H groups in total. The number of likely N-dealkylation sites (tertiary alicyclic amines) is 1. The highest BCUT2D eigenvalue weighted by atomic mass is 15.2. The summed E-state index contributed by atoms with van der Waals surface area (Å²) in [6.45, 7) is 3.70. The Hall–Kier alpha value is -0.890. The molecule has 2 nitrogen and oxygen atoms in total. The monoisotopic (exact) mass is 187 g/mol. The zero-order valence-electron chi connectivity index (χ0n) is 8.32. The smallest absolute Gasteiger partial charge is 0.0271 e. The molecule has 0 atom stereocenters. The molecule has 73 valence electrons. The van der Waals surface area contributed by atoms with E-state index < -0.39 is 0 Å². The lowest BCUT2D eigenvalue weighted by atomic mass is 9.63. The van der Waals surface area contributed by atoms with Crippen LogP contribution in [0.5, 0.6) is 0 Å². The summed E-state index contributed by atoms with van der Waals surface area (Å²) in [5.74, 6) is 0. The molecule has 3 rings (SSSR count). The van der Waals surface area contributed by atoms with Crippen molar-refractivity contribution in [1.82, 2.24) is 9.88 Å². The van der Waals surface area contributed by atoms with Gasteiger partial charge in [-0.2, -0.15) is 0 Å². The molecule has 0 unspecified atom stereocenters. The van der Waals surface area contributed by atoms with Gasteiger partial charge in [-0.05, 0) is 42.4 Å². The summed E-state index contributed by atoms with van der Waals surface area (Å²) >= 11 is 0. The van der Waals surface area contributed by atoms with Crippen LogP contribution in [0.25, 0.3) is 0 Å². The third-order valence-corrected chi connectivity index (χ3v) is 3.43. The van der Waals surface area contributed by atoms with Crippen molar-refractivity contribution in [1.29, 1.82) is 0 Å². The van der Waals surface area contributed by atoms with Gasteiger partial charge in [-0.15, -0.1) is 0 Å². The largest absolute Gasteiger partial charge is 0.298 e. The Morgan fingerprint density at radius 3 is 2.50 bits per heavy atom. The topological polar surface area (TPSA) is 16.1 Å². The van der Waals surface area contributed by atoms with Crippen LogP contribution in [0, 0.1) is 11.8 Å². The molecule has 1 saturated carbocycles. The second-order valence-electron chi connectivity index (χ2n) is 4.70. The molecular formula is C12H15N2. The van der Waals surface area contributed by atoms with Crippen LogP contribution in [0.15, 0.2) is 24.5 Å². The number of hydrogen-bond acceptors (Lipinski definition) is 2. The summed E-state index contributed by atoms with van der Waals surface area (Å²) in [4.78, 5) is 6.56. The molecule has 0 bridgehead atoms. The summed E-state index contributed by atoms with van der Waals surface area (Å²) in [5.41, 5.74) is 2.09. The van der Waals surface area contributed by atoms with E-state index in [0.717, 1.165) is 6.54 Å². The first kappa shape index (κ1) is 8.42. The number of nitrogens with zero attached hydrogens (tertiary/aromatic N) is 2. The Balaban J connectivity index is 1.56. The minimum atomic E-state index is 0.701. The van der Waals surface area contributed by atoms with Crippen LogP contribution in [0.2, 0.25) is 0 Å². The maximum atomic E-state index is 4.03. The van der Waals surface area contributed by atoms with E-state index in [1.165, 1.54) is 31.5 Å². The molecule has 1 aromatic rings. The van der Waals surface area contributed by atoms with Crippen molar-refractivity contribution in [2.45, 2.75) is 19.4 Å². The van der Waals surface area contributed by atoms with Gasteiger partial charge in [0.1, 0.15) is 0 Å². The number of pyridine rings is 1. The maximum Gasteiger partial charge on any atom is 0.0271 e. The van der Waals surface area contributed by atoms with Gasteiger partial charge in [-0.1, -0.05) is 0 Å². The van der Waals surface area contributed by atoms with E-state index in [0.29, 0.717) is 5.41 Å². The van der Waals surface area contributed by atoms with E-state index in [-0.39, 0.29) is 0 Å². The molecule has 2 heterocycles. The second-order valence-corrected chi connectivity index (χ2v) is 4.70. The third-order valence-electron chi connectivity index (χ3n) is 3.43. The zero-order valence-corrected chi connectivity index (χ0v) is 8.32. The standard InChI is InChI=1S/C12H15N2/c1-4-12(5-1)9-14(10-12)8-11-2-6-13-7-3-11/h1-3,6-7H,4-5,8-10H2. The molecule has 1 aliphatic heterocycles. The zero-order chi connectivity index (χ0) is 9.43. The average Bonchev–Trinajstić information content (AvgIpc) is 2.09. The fourth-order valence-corrected chi connectivity index (χ4v) is 2.57. The predicted molar refractivity (Wildman–Crippen MR) is 55.5 cm³/mol. The Morgan fingerprint density at radius 1 is 1.21 bits per heavy atom. The van der Waals surface area contributed by atoms with E-state index in [1.54, 1.807) is 0 Å². The fourth-order valence-electron chi connectivity index (χ4n) is 2.57. The first-order valence-electron chi connectivity index (χ1n) is 5.29. The van der Waals surface area contributed by atoms with Gasteiger partial charge in [0.05, 0.1) is 0 Å². The molecule has 0 amide bonds. The number of aromatic nitrogens is 1. The van der Waals surface area contributed by atoms with E-state index >= 15 is 0 Å². The van der Waals surface area contributed by atoms with Gasteiger partial charge in [0, 0.05) is 32.0 Å². The molecule has 2 fully saturated rings. The third kappa shape index (κ3) is 1.34. The highest BCUT2D eigenvalue weighted by molar-refractivity contribution is 5.13. The minimum Gasteiger partial charge on any atom is -0.298 e. The summed E-state index contributed by atoms with van der Waals surface area (Å²) in [7, 11) is 0. The van der Waals surface area contributed by atoms with Crippen molar-refractivity contribution in [3.8, 4) is 0 Å². The molecule has 1 radical (unpaired) electrons. The lowest BCUT2D eigenvalue weighted by molar-refractivity contribution is -0.0384. The quantitative estimate of drug-likeness (QED) is 0.702. The second kappa shape index (κ2) is 3.06. The van der Waals surface area contributed by atoms with Crippen LogP contribution in [-0.2, 0) is 6.54 Å². The van der Waals surface area contributed by atoms with Crippen molar-refractivity contribution in [3.63, 3.8) is 0 Å². The Kier molecular flexibility index (Phi) is 1.84. The molecule has 1 aromatic heterocycles. The molecule has 1 saturated heterocycles. The molecule has 0 aromatic carbocycles. The van der Waals surface area contributed by atoms with E-state index in [9.17, 15) is 0 Å². The van der Waals surface area contributed by atoms with E-state index in [4.69, 9.17) is 0 Å². The summed E-state index contributed by atoms with van der Waals surface area (Å²) < 4.78 is 0. The molecule has 1 aliphatic carbocycles. The van der Waals surface area contributed by atoms with Crippen molar-refractivity contribution in [3.05, 3.63) is 36.5 Å². The normalized spacial score (nSPS) is 24.3. The van der Waals surface area contributed by atoms with Gasteiger partial charge >= 0.3 is 0 Å². The van der Waals surface area contributed by atoms with Gasteiger partial charge < -0.3 is 0 Å². The first-order chi connectivity index (χ1) is 6.86. The predicted octanol–water partition coefficient (Wildman–Crippen LogP) is 1.88. The lowest BCUT2D eigenvalue weighted by Gasteiger charge is -2.56. The maximum absolute atomic E-state index is 4.03.